The van der Waals surface area contributed by atoms with Crippen LogP contribution in [0.3, 0.4) is 0 Å². The summed E-state index contributed by atoms with van der Waals surface area (Å²) in [5.41, 5.74) is 4.35. The van der Waals surface area contributed by atoms with Crippen LogP contribution in [-0.2, 0) is 12.8 Å². The van der Waals surface area contributed by atoms with E-state index in [2.05, 4.69) is 72.1 Å². The first-order chi connectivity index (χ1) is 12.9. The number of nitrogens with one attached hydrogen (secondary N) is 1. The standard InChI is InChI=1S/C22H27N3S2/c1-14(15-8-6-5-7-9-15)25-20(23-24-21(25)26)18-13-27-19-12-16(22(2,3)4)10-11-17(18)19/h5-9,13-14,16H,10-12H2,1-4H3,(H,24,26)/t14-,16-/m1/s1. The SMILES string of the molecule is C[C@H](c1ccccc1)n1c(-c2csc3c2CC[C@@H](C(C)(C)C)C3)n[nH]c1=S. The number of benzene rings is 1. The number of hydrogen-bond donors (Lipinski definition) is 1. The van der Waals surface area contributed by atoms with Gasteiger partial charge >= 0.3 is 0 Å². The second-order valence-electron chi connectivity index (χ2n) is 8.67. The molecule has 2 heterocycles. The van der Waals surface area contributed by atoms with Crippen LogP contribution >= 0.6 is 23.6 Å². The number of aromatic amines is 1. The summed E-state index contributed by atoms with van der Waals surface area (Å²) >= 11 is 7.48. The van der Waals surface area contributed by atoms with E-state index in [4.69, 9.17) is 12.2 Å². The monoisotopic (exact) mass is 397 g/mol. The lowest BCUT2D eigenvalue weighted by atomic mass is 9.72. The van der Waals surface area contributed by atoms with Crippen molar-refractivity contribution in [2.75, 3.05) is 0 Å². The van der Waals surface area contributed by atoms with E-state index in [9.17, 15) is 0 Å². The topological polar surface area (TPSA) is 33.6 Å². The molecule has 1 aliphatic carbocycles. The predicted molar refractivity (Wildman–Crippen MR) is 116 cm³/mol. The Bertz CT molecular complexity index is 989. The van der Waals surface area contributed by atoms with Crippen molar-refractivity contribution in [2.45, 2.75) is 53.0 Å². The zero-order valence-corrected chi connectivity index (χ0v) is 18.1. The Morgan fingerprint density at radius 3 is 2.70 bits per heavy atom. The number of H-pyrrole nitrogens is 1. The van der Waals surface area contributed by atoms with Crippen LogP contribution < -0.4 is 0 Å². The van der Waals surface area contributed by atoms with Crippen molar-refractivity contribution in [3.05, 3.63) is 56.5 Å². The normalized spacial score (nSPS) is 18.3. The highest BCUT2D eigenvalue weighted by atomic mass is 32.1. The van der Waals surface area contributed by atoms with E-state index in [1.54, 1.807) is 0 Å². The molecule has 0 radical (unpaired) electrons. The molecule has 1 N–H and O–H groups in total. The first kappa shape index (κ1) is 18.6. The van der Waals surface area contributed by atoms with Gasteiger partial charge in [0.25, 0.3) is 0 Å². The molecule has 2 aromatic heterocycles. The summed E-state index contributed by atoms with van der Waals surface area (Å²) in [5.74, 6) is 1.73. The highest BCUT2D eigenvalue weighted by Gasteiger charge is 2.31. The van der Waals surface area contributed by atoms with Crippen molar-refractivity contribution in [3.8, 4) is 11.4 Å². The van der Waals surface area contributed by atoms with Gasteiger partial charge in [-0.15, -0.1) is 11.3 Å². The third kappa shape index (κ3) is 3.43. The Balaban J connectivity index is 1.73. The summed E-state index contributed by atoms with van der Waals surface area (Å²) < 4.78 is 2.85. The van der Waals surface area contributed by atoms with Crippen molar-refractivity contribution in [1.82, 2.24) is 14.8 Å². The van der Waals surface area contributed by atoms with Crippen LogP contribution in [0.5, 0.6) is 0 Å². The van der Waals surface area contributed by atoms with E-state index in [1.165, 1.54) is 34.4 Å². The predicted octanol–water partition coefficient (Wildman–Crippen LogP) is 6.43. The average Bonchev–Trinajstić information content (AvgIpc) is 3.23. The van der Waals surface area contributed by atoms with Gasteiger partial charge in [0.2, 0.25) is 0 Å². The number of nitrogens with zero attached hydrogens (tertiary/aromatic N) is 2. The van der Waals surface area contributed by atoms with Crippen LogP contribution in [0.1, 0.15) is 56.2 Å². The quantitative estimate of drug-likeness (QED) is 0.517. The minimum absolute atomic E-state index is 0.147. The molecule has 0 amide bonds. The summed E-state index contributed by atoms with van der Waals surface area (Å²) in [6.45, 7) is 9.29. The minimum atomic E-state index is 0.147. The molecule has 2 atom stereocenters. The van der Waals surface area contributed by atoms with Crippen molar-refractivity contribution in [2.24, 2.45) is 11.3 Å². The van der Waals surface area contributed by atoms with Gasteiger partial charge in [-0.3, -0.25) is 9.67 Å². The third-order valence-electron chi connectivity index (χ3n) is 5.99. The second-order valence-corrected chi connectivity index (χ2v) is 10.0. The van der Waals surface area contributed by atoms with E-state index >= 15 is 0 Å². The van der Waals surface area contributed by atoms with Gasteiger partial charge in [0, 0.05) is 15.8 Å². The molecule has 0 fully saturated rings. The number of thiophene rings is 1. The van der Waals surface area contributed by atoms with Crippen molar-refractivity contribution >= 4 is 23.6 Å². The maximum atomic E-state index is 5.59. The average molecular weight is 398 g/mol. The Hall–Kier alpha value is -1.72. The van der Waals surface area contributed by atoms with Crippen molar-refractivity contribution in [1.29, 1.82) is 0 Å². The van der Waals surface area contributed by atoms with Gasteiger partial charge in [-0.1, -0.05) is 51.1 Å². The lowest BCUT2D eigenvalue weighted by molar-refractivity contribution is 0.218. The van der Waals surface area contributed by atoms with Gasteiger partial charge in [0.1, 0.15) is 0 Å². The first-order valence-electron chi connectivity index (χ1n) is 9.67. The fraction of sp³-hybridized carbons (Fsp3) is 0.455. The second kappa shape index (κ2) is 7.02. The van der Waals surface area contributed by atoms with Crippen molar-refractivity contribution in [3.63, 3.8) is 0 Å². The summed E-state index contributed by atoms with van der Waals surface area (Å²) in [5, 5.41) is 9.96. The van der Waals surface area contributed by atoms with E-state index in [0.717, 1.165) is 18.2 Å². The lowest BCUT2D eigenvalue weighted by Gasteiger charge is -2.34. The first-order valence-corrected chi connectivity index (χ1v) is 11.0. The highest BCUT2D eigenvalue weighted by molar-refractivity contribution is 7.71. The van der Waals surface area contributed by atoms with Crippen LogP contribution in [0.25, 0.3) is 11.4 Å². The molecule has 5 heteroatoms. The summed E-state index contributed by atoms with van der Waals surface area (Å²) in [6, 6.07) is 10.7. The Kier molecular flexibility index (Phi) is 4.85. The molecule has 0 spiro atoms. The number of rotatable bonds is 3. The molecule has 3 aromatic rings. The number of aromatic nitrogens is 3. The smallest absolute Gasteiger partial charge is 0.196 e. The molecule has 142 valence electrons. The maximum absolute atomic E-state index is 5.59. The highest BCUT2D eigenvalue weighted by Crippen LogP contribution is 2.43. The van der Waals surface area contributed by atoms with Gasteiger partial charge in [-0.25, -0.2) is 0 Å². The Labute approximate surface area is 170 Å². The molecular weight excluding hydrogens is 370 g/mol. The molecule has 0 saturated heterocycles. The zero-order valence-electron chi connectivity index (χ0n) is 16.5. The van der Waals surface area contributed by atoms with E-state index < -0.39 is 0 Å². The number of hydrogen-bond acceptors (Lipinski definition) is 3. The van der Waals surface area contributed by atoms with Gasteiger partial charge < -0.3 is 0 Å². The van der Waals surface area contributed by atoms with Gasteiger partial charge in [0.15, 0.2) is 10.6 Å². The van der Waals surface area contributed by atoms with E-state index in [0.29, 0.717) is 10.2 Å². The molecular formula is C22H27N3S2. The largest absolute Gasteiger partial charge is 0.293 e. The van der Waals surface area contributed by atoms with E-state index in [-0.39, 0.29) is 6.04 Å². The lowest BCUT2D eigenvalue weighted by Crippen LogP contribution is -2.26. The molecule has 3 nitrogen and oxygen atoms in total. The van der Waals surface area contributed by atoms with Gasteiger partial charge in [-0.2, -0.15) is 5.10 Å². The fourth-order valence-corrected chi connectivity index (χ4v) is 5.62. The molecule has 1 aromatic carbocycles. The summed E-state index contributed by atoms with van der Waals surface area (Å²) in [7, 11) is 0. The molecule has 4 rings (SSSR count). The number of fused-ring (bicyclic) bond motifs is 1. The van der Waals surface area contributed by atoms with Crippen LogP contribution in [-0.4, -0.2) is 14.8 Å². The molecule has 0 bridgehead atoms. The summed E-state index contributed by atoms with van der Waals surface area (Å²) in [6.07, 6.45) is 3.57. The van der Waals surface area contributed by atoms with Crippen molar-refractivity contribution < 1.29 is 0 Å². The molecule has 0 unspecified atom stereocenters. The maximum Gasteiger partial charge on any atom is 0.196 e. The Morgan fingerprint density at radius 1 is 1.26 bits per heavy atom. The van der Waals surface area contributed by atoms with Gasteiger partial charge in [0.05, 0.1) is 6.04 Å². The molecule has 1 aliphatic rings. The van der Waals surface area contributed by atoms with Crippen LogP contribution in [0, 0.1) is 16.1 Å². The minimum Gasteiger partial charge on any atom is -0.293 e. The Morgan fingerprint density at radius 2 is 2.00 bits per heavy atom. The molecule has 27 heavy (non-hydrogen) atoms. The van der Waals surface area contributed by atoms with E-state index in [1.807, 2.05) is 17.4 Å². The van der Waals surface area contributed by atoms with Crippen LogP contribution in [0.15, 0.2) is 35.7 Å². The van der Waals surface area contributed by atoms with Gasteiger partial charge in [-0.05, 0) is 60.9 Å². The molecule has 0 saturated carbocycles. The molecule has 0 aliphatic heterocycles. The van der Waals surface area contributed by atoms with Crippen LogP contribution in [0.2, 0.25) is 0 Å². The fourth-order valence-electron chi connectivity index (χ4n) is 4.17. The third-order valence-corrected chi connectivity index (χ3v) is 7.33. The van der Waals surface area contributed by atoms with Crippen LogP contribution in [0.4, 0.5) is 0 Å². The summed E-state index contributed by atoms with van der Waals surface area (Å²) in [4.78, 5) is 1.53. The zero-order chi connectivity index (χ0) is 19.2.